The minimum atomic E-state index is -0.648. The smallest absolute Gasteiger partial charge is 0.258 e. The van der Waals surface area contributed by atoms with Crippen LogP contribution < -0.4 is 5.32 Å². The molecule has 0 aliphatic rings. The molecule has 2 rings (SSSR count). The highest BCUT2D eigenvalue weighted by molar-refractivity contribution is 6.33. The molecule has 0 bridgehead atoms. The van der Waals surface area contributed by atoms with Crippen molar-refractivity contribution in [2.45, 2.75) is 6.61 Å². The van der Waals surface area contributed by atoms with Gasteiger partial charge in [-0.25, -0.2) is 9.37 Å². The second-order valence-corrected chi connectivity index (χ2v) is 4.12. The molecule has 2 aromatic rings. The Morgan fingerprint density at radius 1 is 1.42 bits per heavy atom. The third kappa shape index (κ3) is 3.07. The zero-order valence-electron chi connectivity index (χ0n) is 9.73. The molecule has 1 aromatic carbocycles. The van der Waals surface area contributed by atoms with E-state index in [1.54, 1.807) is 24.3 Å². The maximum absolute atomic E-state index is 13.1. The van der Waals surface area contributed by atoms with Crippen LogP contribution in [0.5, 0.6) is 0 Å². The number of pyridine rings is 1. The second-order valence-electron chi connectivity index (χ2n) is 3.76. The van der Waals surface area contributed by atoms with Crippen molar-refractivity contribution in [2.24, 2.45) is 0 Å². The molecule has 0 saturated heterocycles. The third-order valence-corrected chi connectivity index (χ3v) is 2.79. The Morgan fingerprint density at radius 3 is 2.89 bits per heavy atom. The first-order valence-corrected chi connectivity index (χ1v) is 5.81. The average molecular weight is 281 g/mol. The second kappa shape index (κ2) is 5.77. The van der Waals surface area contributed by atoms with Gasteiger partial charge in [0.05, 0.1) is 18.4 Å². The van der Waals surface area contributed by atoms with Gasteiger partial charge in [-0.15, -0.1) is 0 Å². The summed E-state index contributed by atoms with van der Waals surface area (Å²) in [6, 6.07) is 7.75. The molecule has 0 unspecified atom stereocenters. The Bertz CT molecular complexity index is 619. The molecule has 0 aliphatic carbocycles. The highest BCUT2D eigenvalue weighted by Crippen LogP contribution is 2.19. The summed E-state index contributed by atoms with van der Waals surface area (Å²) in [6.07, 6.45) is 0.931. The summed E-state index contributed by atoms with van der Waals surface area (Å²) in [5, 5.41) is 11.6. The third-order valence-electron chi connectivity index (χ3n) is 2.49. The van der Waals surface area contributed by atoms with Crippen molar-refractivity contribution in [1.29, 1.82) is 0 Å². The number of aliphatic hydroxyl groups is 1. The number of amides is 1. The van der Waals surface area contributed by atoms with Gasteiger partial charge in [0.15, 0.2) is 0 Å². The lowest BCUT2D eigenvalue weighted by atomic mass is 10.1. The minimum Gasteiger partial charge on any atom is -0.392 e. The van der Waals surface area contributed by atoms with Gasteiger partial charge in [0.1, 0.15) is 11.0 Å². The fourth-order valence-corrected chi connectivity index (χ4v) is 1.74. The molecule has 1 heterocycles. The summed E-state index contributed by atoms with van der Waals surface area (Å²) in [7, 11) is 0. The number of para-hydroxylation sites is 1. The number of aromatic nitrogens is 1. The van der Waals surface area contributed by atoms with Gasteiger partial charge in [-0.2, -0.15) is 0 Å². The van der Waals surface area contributed by atoms with Crippen LogP contribution in [0.1, 0.15) is 15.9 Å². The highest BCUT2D eigenvalue weighted by atomic mass is 35.5. The van der Waals surface area contributed by atoms with Crippen LogP contribution in [0.4, 0.5) is 10.1 Å². The number of benzene rings is 1. The molecular formula is C13H10ClFN2O2. The molecule has 19 heavy (non-hydrogen) atoms. The van der Waals surface area contributed by atoms with E-state index in [2.05, 4.69) is 10.3 Å². The van der Waals surface area contributed by atoms with Gasteiger partial charge in [-0.1, -0.05) is 29.8 Å². The van der Waals surface area contributed by atoms with E-state index in [-0.39, 0.29) is 17.3 Å². The first kappa shape index (κ1) is 13.5. The zero-order chi connectivity index (χ0) is 13.8. The molecule has 0 radical (unpaired) electrons. The van der Waals surface area contributed by atoms with Crippen molar-refractivity contribution < 1.29 is 14.3 Å². The van der Waals surface area contributed by atoms with Crippen LogP contribution in [0.15, 0.2) is 36.5 Å². The van der Waals surface area contributed by atoms with Gasteiger partial charge < -0.3 is 10.4 Å². The number of halogens is 2. The van der Waals surface area contributed by atoms with Gasteiger partial charge >= 0.3 is 0 Å². The summed E-state index contributed by atoms with van der Waals surface area (Å²) in [5.74, 6) is -1.23. The van der Waals surface area contributed by atoms with Crippen LogP contribution in [0.3, 0.4) is 0 Å². The number of aliphatic hydroxyl groups excluding tert-OH is 1. The lowest BCUT2D eigenvalue weighted by molar-refractivity contribution is 0.102. The van der Waals surface area contributed by atoms with Gasteiger partial charge in [-0.05, 0) is 12.1 Å². The number of hydrogen-bond donors (Lipinski definition) is 2. The van der Waals surface area contributed by atoms with E-state index < -0.39 is 11.7 Å². The molecule has 1 amide bonds. The molecule has 6 heteroatoms. The SMILES string of the molecule is O=C(Nc1ccccc1CO)c1cc(F)cnc1Cl. The molecule has 2 N–H and O–H groups in total. The summed E-state index contributed by atoms with van der Waals surface area (Å²) in [5.41, 5.74) is 0.932. The van der Waals surface area contributed by atoms with Crippen LogP contribution >= 0.6 is 11.6 Å². The summed E-state index contributed by atoms with van der Waals surface area (Å²) < 4.78 is 13.1. The first-order chi connectivity index (χ1) is 9.11. The number of carbonyl (C=O) groups excluding carboxylic acids is 1. The van der Waals surface area contributed by atoms with Crippen molar-refractivity contribution in [1.82, 2.24) is 4.98 Å². The maximum atomic E-state index is 13.1. The van der Waals surface area contributed by atoms with E-state index in [1.807, 2.05) is 0 Å². The highest BCUT2D eigenvalue weighted by Gasteiger charge is 2.14. The van der Waals surface area contributed by atoms with Crippen molar-refractivity contribution in [3.05, 3.63) is 58.6 Å². The van der Waals surface area contributed by atoms with Crippen LogP contribution in [0, 0.1) is 5.82 Å². The van der Waals surface area contributed by atoms with Gasteiger partial charge in [0.2, 0.25) is 0 Å². The van der Waals surface area contributed by atoms with Gasteiger partial charge in [0, 0.05) is 11.3 Å². The van der Waals surface area contributed by atoms with Crippen molar-refractivity contribution in [3.8, 4) is 0 Å². The largest absolute Gasteiger partial charge is 0.392 e. The molecule has 0 aliphatic heterocycles. The Morgan fingerprint density at radius 2 is 2.16 bits per heavy atom. The number of nitrogens with zero attached hydrogens (tertiary/aromatic N) is 1. The molecule has 4 nitrogen and oxygen atoms in total. The lowest BCUT2D eigenvalue weighted by Gasteiger charge is -2.09. The fourth-order valence-electron chi connectivity index (χ4n) is 1.55. The Balaban J connectivity index is 2.28. The minimum absolute atomic E-state index is 0.0607. The number of anilines is 1. The normalized spacial score (nSPS) is 10.3. The number of hydrogen-bond acceptors (Lipinski definition) is 3. The lowest BCUT2D eigenvalue weighted by Crippen LogP contribution is -2.14. The summed E-state index contributed by atoms with van der Waals surface area (Å²) in [4.78, 5) is 15.5. The predicted octanol–water partition coefficient (Wildman–Crippen LogP) is 2.62. The standard InChI is InChI=1S/C13H10ClFN2O2/c14-12-10(5-9(15)6-16-12)13(19)17-11-4-2-1-3-8(11)7-18/h1-6,18H,7H2,(H,17,19). The number of rotatable bonds is 3. The summed E-state index contributed by atoms with van der Waals surface area (Å²) >= 11 is 5.74. The van der Waals surface area contributed by atoms with Gasteiger partial charge in [0.25, 0.3) is 5.91 Å². The molecule has 0 atom stereocenters. The molecule has 0 spiro atoms. The van der Waals surface area contributed by atoms with Gasteiger partial charge in [-0.3, -0.25) is 4.79 Å². The first-order valence-electron chi connectivity index (χ1n) is 5.43. The number of nitrogens with one attached hydrogen (secondary N) is 1. The fraction of sp³-hybridized carbons (Fsp3) is 0.0769. The number of carbonyl (C=O) groups is 1. The van der Waals surface area contributed by atoms with E-state index in [0.717, 1.165) is 12.3 Å². The topological polar surface area (TPSA) is 62.2 Å². The Kier molecular flexibility index (Phi) is 4.09. The van der Waals surface area contributed by atoms with Crippen molar-refractivity contribution >= 4 is 23.2 Å². The molecule has 1 aromatic heterocycles. The molecule has 0 saturated carbocycles. The molecular weight excluding hydrogens is 271 g/mol. The van der Waals surface area contributed by atoms with Crippen LogP contribution in [-0.4, -0.2) is 16.0 Å². The van der Waals surface area contributed by atoms with E-state index >= 15 is 0 Å². The van der Waals surface area contributed by atoms with E-state index in [9.17, 15) is 9.18 Å². The van der Waals surface area contributed by atoms with E-state index in [4.69, 9.17) is 16.7 Å². The van der Waals surface area contributed by atoms with E-state index in [1.165, 1.54) is 0 Å². The average Bonchev–Trinajstić information content (AvgIpc) is 2.42. The van der Waals surface area contributed by atoms with E-state index in [0.29, 0.717) is 11.3 Å². The predicted molar refractivity (Wildman–Crippen MR) is 69.5 cm³/mol. The maximum Gasteiger partial charge on any atom is 0.258 e. The Hall–Kier alpha value is -1.98. The molecule has 98 valence electrons. The van der Waals surface area contributed by atoms with Crippen LogP contribution in [0.25, 0.3) is 0 Å². The van der Waals surface area contributed by atoms with Crippen LogP contribution in [-0.2, 0) is 6.61 Å². The van der Waals surface area contributed by atoms with Crippen molar-refractivity contribution in [2.75, 3.05) is 5.32 Å². The molecule has 0 fully saturated rings. The zero-order valence-corrected chi connectivity index (χ0v) is 10.5. The monoisotopic (exact) mass is 280 g/mol. The van der Waals surface area contributed by atoms with Crippen LogP contribution in [0.2, 0.25) is 5.15 Å². The summed E-state index contributed by atoms with van der Waals surface area (Å²) in [6.45, 7) is -0.217. The Labute approximate surface area is 113 Å². The van der Waals surface area contributed by atoms with Crippen molar-refractivity contribution in [3.63, 3.8) is 0 Å². The quantitative estimate of drug-likeness (QED) is 0.850.